The Morgan fingerprint density at radius 3 is 2.73 bits per heavy atom. The molecule has 0 bridgehead atoms. The lowest BCUT2D eigenvalue weighted by atomic mass is 9.96. The molecule has 12 heteroatoms. The summed E-state index contributed by atoms with van der Waals surface area (Å²) in [6, 6.07) is 0.306. The first-order chi connectivity index (χ1) is 15.8. The van der Waals surface area contributed by atoms with Gasteiger partial charge in [0.05, 0.1) is 24.4 Å². The van der Waals surface area contributed by atoms with E-state index in [0.717, 1.165) is 13.1 Å². The van der Waals surface area contributed by atoms with Crippen LogP contribution in [0.25, 0.3) is 0 Å². The summed E-state index contributed by atoms with van der Waals surface area (Å²) in [6.45, 7) is 10.1. The van der Waals surface area contributed by atoms with Crippen LogP contribution >= 0.6 is 21.6 Å². The molecule has 0 aromatic rings. The Balaban J connectivity index is 1.76. The first-order valence-electron chi connectivity index (χ1n) is 11.9. The van der Waals surface area contributed by atoms with Crippen LogP contribution < -0.4 is 26.6 Å². The summed E-state index contributed by atoms with van der Waals surface area (Å²) in [7, 11) is 7.42. The van der Waals surface area contributed by atoms with Crippen molar-refractivity contribution in [3.8, 4) is 0 Å². The fourth-order valence-electron chi connectivity index (χ4n) is 4.95. The molecule has 3 saturated heterocycles. The Bertz CT molecular complexity index is 613. The average molecular weight is 509 g/mol. The predicted molar refractivity (Wildman–Crippen MR) is 135 cm³/mol. The molecule has 33 heavy (non-hydrogen) atoms. The molecule has 10 nitrogen and oxygen atoms in total. The molecule has 3 heterocycles. The lowest BCUT2D eigenvalue weighted by molar-refractivity contribution is -0.0862. The van der Waals surface area contributed by atoms with E-state index in [9.17, 15) is 5.11 Å². The fourth-order valence-corrected chi connectivity index (χ4v) is 6.36. The molecule has 194 valence electrons. The maximum Gasteiger partial charge on any atom is 0.139 e. The van der Waals surface area contributed by atoms with Gasteiger partial charge in [0.2, 0.25) is 0 Å². The Morgan fingerprint density at radius 1 is 1.33 bits per heavy atom. The summed E-state index contributed by atoms with van der Waals surface area (Å²) in [5.41, 5.74) is -0.464. The molecule has 0 amide bonds. The number of aliphatic hydroxyl groups is 1. The van der Waals surface area contributed by atoms with Gasteiger partial charge in [-0.25, -0.2) is 0 Å². The minimum atomic E-state index is -0.491. The molecular formula is C21H44N6O4S2. The Hall–Kier alpha value is 0.300. The van der Waals surface area contributed by atoms with Crippen LogP contribution in [0, 0.1) is 0 Å². The number of aliphatic hydroxyl groups excluding tert-OH is 1. The minimum absolute atomic E-state index is 0.00500. The van der Waals surface area contributed by atoms with Crippen molar-refractivity contribution < 1.29 is 19.3 Å². The van der Waals surface area contributed by atoms with E-state index in [-0.39, 0.29) is 61.2 Å². The van der Waals surface area contributed by atoms with E-state index in [1.54, 1.807) is 21.6 Å². The lowest BCUT2D eigenvalue weighted by Gasteiger charge is -2.48. The summed E-state index contributed by atoms with van der Waals surface area (Å²) in [4.78, 5) is 2.29. The molecule has 0 saturated carbocycles. The van der Waals surface area contributed by atoms with Crippen LogP contribution in [0.4, 0.5) is 0 Å². The minimum Gasteiger partial charge on any atom is -0.394 e. The van der Waals surface area contributed by atoms with E-state index in [0.29, 0.717) is 6.42 Å². The van der Waals surface area contributed by atoms with E-state index in [1.165, 1.54) is 0 Å². The molecule has 3 aliphatic heterocycles. The Labute approximate surface area is 206 Å². The van der Waals surface area contributed by atoms with Crippen molar-refractivity contribution >= 4 is 21.6 Å². The topological polar surface area (TPSA) is 115 Å². The van der Waals surface area contributed by atoms with E-state index in [4.69, 9.17) is 14.2 Å². The van der Waals surface area contributed by atoms with E-state index < -0.39 is 5.66 Å². The molecular weight excluding hydrogens is 464 g/mol. The number of fused-ring (bicyclic) bond motifs is 1. The largest absolute Gasteiger partial charge is 0.394 e. The number of rotatable bonds is 13. The second-order valence-corrected chi connectivity index (χ2v) is 12.0. The Morgan fingerprint density at radius 2 is 2.09 bits per heavy atom. The molecule has 3 aliphatic rings. The molecule has 0 aromatic carbocycles. The number of epoxide rings is 1. The van der Waals surface area contributed by atoms with E-state index >= 15 is 0 Å². The number of ether oxygens (including phenoxy) is 3. The molecule has 0 radical (unpaired) electrons. The maximum absolute atomic E-state index is 9.93. The zero-order valence-electron chi connectivity index (χ0n) is 21.0. The van der Waals surface area contributed by atoms with Gasteiger partial charge >= 0.3 is 0 Å². The van der Waals surface area contributed by atoms with Gasteiger partial charge in [-0.2, -0.15) is 0 Å². The highest BCUT2D eigenvalue weighted by molar-refractivity contribution is 8.76. The summed E-state index contributed by atoms with van der Waals surface area (Å²) in [5.74, 6) is 0. The zero-order chi connectivity index (χ0) is 24.2. The number of hydrogen-bond donors (Lipinski definition) is 6. The van der Waals surface area contributed by atoms with Crippen molar-refractivity contribution in [1.29, 1.82) is 0 Å². The van der Waals surface area contributed by atoms with Crippen molar-refractivity contribution in [2.24, 2.45) is 0 Å². The van der Waals surface area contributed by atoms with Gasteiger partial charge in [0, 0.05) is 19.0 Å². The summed E-state index contributed by atoms with van der Waals surface area (Å²) in [5, 5.41) is 27.8. The first kappa shape index (κ1) is 27.9. The highest BCUT2D eigenvalue weighted by atomic mass is 33.1. The van der Waals surface area contributed by atoms with Gasteiger partial charge in [-0.05, 0) is 47.7 Å². The van der Waals surface area contributed by atoms with Gasteiger partial charge in [-0.1, -0.05) is 28.5 Å². The van der Waals surface area contributed by atoms with Gasteiger partial charge in [0.1, 0.15) is 36.4 Å². The van der Waals surface area contributed by atoms with Crippen molar-refractivity contribution in [3.63, 3.8) is 0 Å². The molecule has 3 rings (SSSR count). The van der Waals surface area contributed by atoms with E-state index in [1.807, 2.05) is 20.2 Å². The smallest absolute Gasteiger partial charge is 0.139 e. The highest BCUT2D eigenvalue weighted by Gasteiger charge is 2.59. The van der Waals surface area contributed by atoms with Gasteiger partial charge in [0.25, 0.3) is 0 Å². The average Bonchev–Trinajstić information content (AvgIpc) is 3.42. The van der Waals surface area contributed by atoms with Crippen LogP contribution in [0.5, 0.6) is 0 Å². The lowest BCUT2D eigenvalue weighted by Crippen LogP contribution is -2.73. The van der Waals surface area contributed by atoms with Gasteiger partial charge in [0.15, 0.2) is 0 Å². The van der Waals surface area contributed by atoms with Crippen LogP contribution in [-0.2, 0) is 14.2 Å². The first-order valence-corrected chi connectivity index (χ1v) is 14.6. The van der Waals surface area contributed by atoms with Crippen LogP contribution in [0.3, 0.4) is 0 Å². The molecule has 6 N–H and O–H groups in total. The highest BCUT2D eigenvalue weighted by Crippen LogP contribution is 2.37. The number of likely N-dealkylation sites (N-methyl/N-ethyl adjacent to an activating group) is 3. The van der Waals surface area contributed by atoms with E-state index in [2.05, 4.69) is 59.3 Å². The molecule has 3 fully saturated rings. The van der Waals surface area contributed by atoms with Gasteiger partial charge in [-0.3, -0.25) is 20.9 Å². The van der Waals surface area contributed by atoms with Crippen LogP contribution in [0.2, 0.25) is 0 Å². The maximum atomic E-state index is 9.93. The van der Waals surface area contributed by atoms with Crippen molar-refractivity contribution in [3.05, 3.63) is 0 Å². The summed E-state index contributed by atoms with van der Waals surface area (Å²) < 4.78 is 18.5. The second-order valence-electron chi connectivity index (χ2n) is 9.24. The number of nitrogens with one attached hydrogen (secondary N) is 5. The van der Waals surface area contributed by atoms with Crippen LogP contribution in [-0.4, -0.2) is 110 Å². The van der Waals surface area contributed by atoms with Crippen LogP contribution in [0.15, 0.2) is 0 Å². The normalized spacial score (nSPS) is 40.9. The van der Waals surface area contributed by atoms with Crippen LogP contribution in [0.1, 0.15) is 34.1 Å². The SMILES string of the molecule is CCNC1C2OC2NC(NC(C)CNC)N(C)C1(C)NC1CC(OC(C)SSC)C(CO)O1. The van der Waals surface area contributed by atoms with Gasteiger partial charge in [-0.15, -0.1) is 0 Å². The number of hydrogen-bond acceptors (Lipinski definition) is 12. The van der Waals surface area contributed by atoms with Gasteiger partial charge < -0.3 is 30.0 Å². The third-order valence-electron chi connectivity index (χ3n) is 6.71. The quantitative estimate of drug-likeness (QED) is 0.113. The Kier molecular flexibility index (Phi) is 10.6. The van der Waals surface area contributed by atoms with Crippen molar-refractivity contribution in [2.45, 2.75) is 94.4 Å². The summed E-state index contributed by atoms with van der Waals surface area (Å²) in [6.07, 6.45) is 1.90. The van der Waals surface area contributed by atoms with Crippen molar-refractivity contribution in [1.82, 2.24) is 31.5 Å². The number of nitrogens with zero attached hydrogens (tertiary/aromatic N) is 1. The molecule has 10 atom stereocenters. The fraction of sp³-hybridized carbons (Fsp3) is 1.00. The predicted octanol–water partition coefficient (Wildman–Crippen LogP) is -0.139. The zero-order valence-corrected chi connectivity index (χ0v) is 22.6. The second kappa shape index (κ2) is 12.5. The monoisotopic (exact) mass is 508 g/mol. The summed E-state index contributed by atoms with van der Waals surface area (Å²) >= 11 is 0. The molecule has 0 aliphatic carbocycles. The third-order valence-corrected chi connectivity index (χ3v) is 8.67. The molecule has 0 aromatic heterocycles. The van der Waals surface area contributed by atoms with Crippen molar-refractivity contribution in [2.75, 3.05) is 40.0 Å². The third kappa shape index (κ3) is 6.75. The molecule has 10 unspecified atom stereocenters. The standard InChI is InChI=1S/C21H44N6O4S2/c1-8-23-18-17-19(31-17)25-20(24-12(2)10-22-5)27(6)21(18,4)26-16-9-14(15(11-28)30-16)29-13(3)33-32-7/h12-20,22-26,28H,8-11H2,1-7H3. The molecule has 0 spiro atoms.